The van der Waals surface area contributed by atoms with Crippen LogP contribution in [0.1, 0.15) is 53.2 Å². The highest BCUT2D eigenvalue weighted by molar-refractivity contribution is 5.94. The van der Waals surface area contributed by atoms with Crippen LogP contribution in [0.3, 0.4) is 0 Å². The Hall–Kier alpha value is -2.37. The molecule has 2 aromatic rings. The first-order valence-corrected chi connectivity index (χ1v) is 9.56. The number of nitrogens with zero attached hydrogens (tertiary/aromatic N) is 4. The normalized spacial score (nSPS) is 19.9. The highest BCUT2D eigenvalue weighted by Crippen LogP contribution is 2.27. The number of aryl methyl sites for hydroxylation is 2. The molecule has 26 heavy (non-hydrogen) atoms. The SMILES string of the molecule is Cc1cccc(N2CCC[C@@H](N(C)C(=O)c3noc4c3CCCC4)C2)n1. The van der Waals surface area contributed by atoms with E-state index >= 15 is 0 Å². The first-order valence-electron chi connectivity index (χ1n) is 9.56. The second-order valence-electron chi connectivity index (χ2n) is 7.44. The van der Waals surface area contributed by atoms with Crippen molar-refractivity contribution in [3.63, 3.8) is 0 Å². The summed E-state index contributed by atoms with van der Waals surface area (Å²) in [5, 5.41) is 4.11. The van der Waals surface area contributed by atoms with Gasteiger partial charge in [0.15, 0.2) is 5.69 Å². The molecule has 1 aliphatic heterocycles. The van der Waals surface area contributed by atoms with Crippen molar-refractivity contribution in [1.82, 2.24) is 15.0 Å². The molecule has 2 aliphatic rings. The summed E-state index contributed by atoms with van der Waals surface area (Å²) < 4.78 is 5.43. The predicted octanol–water partition coefficient (Wildman–Crippen LogP) is 3.00. The molecule has 0 bridgehead atoms. The molecule has 0 unspecified atom stereocenters. The van der Waals surface area contributed by atoms with E-state index in [-0.39, 0.29) is 11.9 Å². The molecule has 1 fully saturated rings. The number of carbonyl (C=O) groups excluding carboxylic acids is 1. The zero-order valence-corrected chi connectivity index (χ0v) is 15.6. The van der Waals surface area contributed by atoms with Crippen molar-refractivity contribution in [3.8, 4) is 0 Å². The van der Waals surface area contributed by atoms with Crippen LogP contribution < -0.4 is 4.90 Å². The van der Waals surface area contributed by atoms with Crippen LogP contribution in [0.2, 0.25) is 0 Å². The van der Waals surface area contributed by atoms with Crippen molar-refractivity contribution in [1.29, 1.82) is 0 Å². The van der Waals surface area contributed by atoms with E-state index in [1.165, 1.54) is 0 Å². The molecule has 0 N–H and O–H groups in total. The summed E-state index contributed by atoms with van der Waals surface area (Å²) in [7, 11) is 1.89. The standard InChI is InChI=1S/C20H26N4O2/c1-14-7-5-11-18(21-14)24-12-6-8-15(13-24)23(2)20(25)19-16-9-3-4-10-17(16)26-22-19/h5,7,11,15H,3-4,6,8-10,12-13H2,1-2H3/t15-/m1/s1. The van der Waals surface area contributed by atoms with E-state index in [0.29, 0.717) is 5.69 Å². The topological polar surface area (TPSA) is 62.5 Å². The summed E-state index contributed by atoms with van der Waals surface area (Å²) in [5.74, 6) is 1.89. The van der Waals surface area contributed by atoms with Gasteiger partial charge in [0.2, 0.25) is 0 Å². The third-order valence-corrected chi connectivity index (χ3v) is 5.61. The number of hydrogen-bond acceptors (Lipinski definition) is 5. The van der Waals surface area contributed by atoms with E-state index in [9.17, 15) is 4.79 Å². The lowest BCUT2D eigenvalue weighted by Gasteiger charge is -2.38. The van der Waals surface area contributed by atoms with Gasteiger partial charge in [0.05, 0.1) is 0 Å². The maximum absolute atomic E-state index is 13.0. The molecule has 0 spiro atoms. The summed E-state index contributed by atoms with van der Waals surface area (Å²) in [6.07, 6.45) is 6.08. The molecule has 6 nitrogen and oxygen atoms in total. The Morgan fingerprint density at radius 1 is 1.27 bits per heavy atom. The quantitative estimate of drug-likeness (QED) is 0.848. The summed E-state index contributed by atoms with van der Waals surface area (Å²) in [4.78, 5) is 21.8. The maximum Gasteiger partial charge on any atom is 0.276 e. The number of pyridine rings is 1. The van der Waals surface area contributed by atoms with E-state index in [1.807, 2.05) is 37.1 Å². The minimum atomic E-state index is -0.0130. The lowest BCUT2D eigenvalue weighted by Crippen LogP contribution is -2.49. The van der Waals surface area contributed by atoms with Crippen molar-refractivity contribution >= 4 is 11.7 Å². The molecule has 1 aliphatic carbocycles. The smallest absolute Gasteiger partial charge is 0.276 e. The summed E-state index contributed by atoms with van der Waals surface area (Å²) in [6, 6.07) is 6.26. The van der Waals surface area contributed by atoms with Crippen molar-refractivity contribution in [2.75, 3.05) is 25.0 Å². The molecule has 1 saturated heterocycles. The molecule has 1 amide bonds. The molecule has 1 atom stereocenters. The van der Waals surface area contributed by atoms with Gasteiger partial charge in [-0.2, -0.15) is 0 Å². The first-order chi connectivity index (χ1) is 12.6. The third kappa shape index (κ3) is 3.20. The number of fused-ring (bicyclic) bond motifs is 1. The zero-order chi connectivity index (χ0) is 18.1. The third-order valence-electron chi connectivity index (χ3n) is 5.61. The fourth-order valence-corrected chi connectivity index (χ4v) is 4.07. The minimum absolute atomic E-state index is 0.0130. The average molecular weight is 354 g/mol. The van der Waals surface area contributed by atoms with Gasteiger partial charge in [0.25, 0.3) is 5.91 Å². The summed E-state index contributed by atoms with van der Waals surface area (Å²) in [6.45, 7) is 3.79. The molecule has 0 saturated carbocycles. The number of aromatic nitrogens is 2. The monoisotopic (exact) mass is 354 g/mol. The zero-order valence-electron chi connectivity index (χ0n) is 15.6. The second kappa shape index (κ2) is 7.09. The molecule has 3 heterocycles. The highest BCUT2D eigenvalue weighted by Gasteiger charge is 2.31. The summed E-state index contributed by atoms with van der Waals surface area (Å²) >= 11 is 0. The predicted molar refractivity (Wildman–Crippen MR) is 99.4 cm³/mol. The molecule has 6 heteroatoms. The van der Waals surface area contributed by atoms with E-state index in [4.69, 9.17) is 4.52 Å². The number of likely N-dealkylation sites (N-methyl/N-ethyl adjacent to an activating group) is 1. The molecule has 138 valence electrons. The molecule has 0 radical (unpaired) electrons. The van der Waals surface area contributed by atoms with Crippen LogP contribution in [0.4, 0.5) is 5.82 Å². The van der Waals surface area contributed by atoms with Gasteiger partial charge in [-0.25, -0.2) is 4.98 Å². The number of carbonyl (C=O) groups is 1. The van der Waals surface area contributed by atoms with Crippen LogP contribution >= 0.6 is 0 Å². The van der Waals surface area contributed by atoms with Gasteiger partial charge in [-0.3, -0.25) is 4.79 Å². The Bertz CT molecular complexity index is 801. The van der Waals surface area contributed by atoms with Crippen molar-refractivity contribution in [3.05, 3.63) is 40.9 Å². The van der Waals surface area contributed by atoms with Crippen molar-refractivity contribution < 1.29 is 9.32 Å². The van der Waals surface area contributed by atoms with E-state index in [2.05, 4.69) is 15.0 Å². The lowest BCUT2D eigenvalue weighted by molar-refractivity contribution is 0.0706. The first kappa shape index (κ1) is 17.1. The second-order valence-corrected chi connectivity index (χ2v) is 7.44. The molecular weight excluding hydrogens is 328 g/mol. The number of amides is 1. The Kier molecular flexibility index (Phi) is 4.66. The Labute approximate surface area is 154 Å². The average Bonchev–Trinajstić information content (AvgIpc) is 3.11. The number of rotatable bonds is 3. The van der Waals surface area contributed by atoms with Gasteiger partial charge >= 0.3 is 0 Å². The van der Waals surface area contributed by atoms with E-state index in [0.717, 1.165) is 74.4 Å². The van der Waals surface area contributed by atoms with E-state index < -0.39 is 0 Å². The Morgan fingerprint density at radius 2 is 2.12 bits per heavy atom. The highest BCUT2D eigenvalue weighted by atomic mass is 16.5. The van der Waals surface area contributed by atoms with Crippen LogP contribution in [0.25, 0.3) is 0 Å². The van der Waals surface area contributed by atoms with Crippen LogP contribution in [0.5, 0.6) is 0 Å². The lowest BCUT2D eigenvalue weighted by atomic mass is 9.95. The van der Waals surface area contributed by atoms with Crippen molar-refractivity contribution in [2.24, 2.45) is 0 Å². The number of anilines is 1. The minimum Gasteiger partial charge on any atom is -0.360 e. The summed E-state index contributed by atoms with van der Waals surface area (Å²) in [5.41, 5.74) is 2.57. The van der Waals surface area contributed by atoms with Crippen LogP contribution in [0.15, 0.2) is 22.7 Å². The van der Waals surface area contributed by atoms with Gasteiger partial charge in [-0.15, -0.1) is 0 Å². The van der Waals surface area contributed by atoms with Crippen LogP contribution in [-0.4, -0.2) is 47.1 Å². The molecular formula is C20H26N4O2. The fraction of sp³-hybridized carbons (Fsp3) is 0.550. The molecule has 4 rings (SSSR count). The Morgan fingerprint density at radius 3 is 2.96 bits per heavy atom. The van der Waals surface area contributed by atoms with Gasteiger partial charge in [-0.1, -0.05) is 11.2 Å². The largest absolute Gasteiger partial charge is 0.360 e. The van der Waals surface area contributed by atoms with Gasteiger partial charge in [0, 0.05) is 43.9 Å². The number of hydrogen-bond donors (Lipinski definition) is 0. The van der Waals surface area contributed by atoms with Crippen LogP contribution in [0, 0.1) is 6.92 Å². The molecule has 2 aromatic heterocycles. The van der Waals surface area contributed by atoms with Gasteiger partial charge < -0.3 is 14.3 Å². The van der Waals surface area contributed by atoms with E-state index in [1.54, 1.807) is 0 Å². The maximum atomic E-state index is 13.0. The Balaban J connectivity index is 1.49. The van der Waals surface area contributed by atoms with Gasteiger partial charge in [-0.05, 0) is 51.2 Å². The van der Waals surface area contributed by atoms with Crippen molar-refractivity contribution in [2.45, 2.75) is 51.5 Å². The number of piperidine rings is 1. The van der Waals surface area contributed by atoms with Crippen LogP contribution in [-0.2, 0) is 12.8 Å². The molecule has 0 aromatic carbocycles. The van der Waals surface area contributed by atoms with Gasteiger partial charge in [0.1, 0.15) is 11.6 Å². The fourth-order valence-electron chi connectivity index (χ4n) is 4.07.